The highest BCUT2D eigenvalue weighted by Gasteiger charge is 2.16. The van der Waals surface area contributed by atoms with Crippen LogP contribution in [0.3, 0.4) is 0 Å². The fourth-order valence-corrected chi connectivity index (χ4v) is 3.34. The molecule has 0 spiro atoms. The van der Waals surface area contributed by atoms with Crippen LogP contribution in [0.5, 0.6) is 5.75 Å². The lowest BCUT2D eigenvalue weighted by molar-refractivity contribution is -0.127. The van der Waals surface area contributed by atoms with E-state index in [1.807, 2.05) is 0 Å². The molecule has 0 unspecified atom stereocenters. The Labute approximate surface area is 174 Å². The summed E-state index contributed by atoms with van der Waals surface area (Å²) in [5, 5.41) is 8.30. The van der Waals surface area contributed by atoms with Crippen molar-refractivity contribution in [2.75, 3.05) is 18.6 Å². The number of carbonyl (C=O) groups excluding carboxylic acids is 1. The van der Waals surface area contributed by atoms with Crippen molar-refractivity contribution in [3.05, 3.63) is 59.9 Å². The fourth-order valence-electron chi connectivity index (χ4n) is 2.55. The highest BCUT2D eigenvalue weighted by atomic mass is 32.2. The number of hydrogen-bond donors (Lipinski definition) is 1. The first kappa shape index (κ1) is 21.5. The number of amides is 1. The number of nitrogen functional groups attached to an aromatic ring is 1. The molecule has 3 aromatic rings. The van der Waals surface area contributed by atoms with E-state index < -0.39 is 6.61 Å². The highest BCUT2D eigenvalue weighted by molar-refractivity contribution is 7.99. The minimum atomic E-state index is -2.88. The molecular weight excluding hydrogens is 419 g/mol. The molecular formula is C19H18F3N5O2S. The van der Waals surface area contributed by atoms with Crippen LogP contribution in [0.25, 0.3) is 11.4 Å². The molecule has 0 aliphatic rings. The summed E-state index contributed by atoms with van der Waals surface area (Å²) in [6.45, 7) is -2.59. The normalized spacial score (nSPS) is 11.0. The van der Waals surface area contributed by atoms with E-state index in [1.165, 1.54) is 46.0 Å². The van der Waals surface area contributed by atoms with Crippen LogP contribution in [0.2, 0.25) is 0 Å². The monoisotopic (exact) mass is 437 g/mol. The number of rotatable bonds is 8. The number of thioether (sulfide) groups is 1. The Hall–Kier alpha value is -3.21. The van der Waals surface area contributed by atoms with Crippen molar-refractivity contribution in [2.24, 2.45) is 0 Å². The van der Waals surface area contributed by atoms with Gasteiger partial charge >= 0.3 is 6.61 Å². The number of nitrogens with zero attached hydrogens (tertiary/aromatic N) is 4. The minimum absolute atomic E-state index is 0.0533. The predicted molar refractivity (Wildman–Crippen MR) is 106 cm³/mol. The summed E-state index contributed by atoms with van der Waals surface area (Å²) in [6, 6.07) is 11.7. The lowest BCUT2D eigenvalue weighted by Crippen LogP contribution is -2.28. The molecule has 3 rings (SSSR count). The fraction of sp³-hybridized carbons (Fsp3) is 0.211. The van der Waals surface area contributed by atoms with Crippen LogP contribution in [0.1, 0.15) is 5.56 Å². The molecule has 7 nitrogen and oxygen atoms in total. The first-order valence-corrected chi connectivity index (χ1v) is 9.69. The zero-order valence-corrected chi connectivity index (χ0v) is 16.7. The third-order valence-corrected chi connectivity index (χ3v) is 5.01. The van der Waals surface area contributed by atoms with Crippen molar-refractivity contribution >= 4 is 17.7 Å². The van der Waals surface area contributed by atoms with Crippen LogP contribution in [-0.4, -0.2) is 45.1 Å². The van der Waals surface area contributed by atoms with E-state index in [-0.39, 0.29) is 23.2 Å². The van der Waals surface area contributed by atoms with Crippen LogP contribution < -0.4 is 10.6 Å². The number of carbonyl (C=O) groups is 1. The zero-order chi connectivity index (χ0) is 21.7. The molecule has 1 aromatic heterocycles. The molecule has 1 amide bonds. The van der Waals surface area contributed by atoms with Gasteiger partial charge < -0.3 is 15.5 Å². The van der Waals surface area contributed by atoms with Gasteiger partial charge in [0.25, 0.3) is 0 Å². The van der Waals surface area contributed by atoms with Gasteiger partial charge in [0.05, 0.1) is 5.75 Å². The molecule has 2 N–H and O–H groups in total. The van der Waals surface area contributed by atoms with Crippen LogP contribution in [0.4, 0.5) is 13.2 Å². The van der Waals surface area contributed by atoms with Gasteiger partial charge in [-0.15, -0.1) is 10.2 Å². The number of nitrogens with two attached hydrogens (primary N) is 1. The number of hydrogen-bond acceptors (Lipinski definition) is 6. The lowest BCUT2D eigenvalue weighted by Gasteiger charge is -2.17. The predicted octanol–water partition coefficient (Wildman–Crippen LogP) is 3.15. The number of aromatic nitrogens is 3. The van der Waals surface area contributed by atoms with E-state index >= 15 is 0 Å². The third kappa shape index (κ3) is 5.44. The molecule has 0 atom stereocenters. The van der Waals surface area contributed by atoms with Crippen LogP contribution in [0.15, 0.2) is 53.7 Å². The topological polar surface area (TPSA) is 86.3 Å². The van der Waals surface area contributed by atoms with E-state index in [1.54, 1.807) is 19.2 Å². The third-order valence-electron chi connectivity index (χ3n) is 4.09. The van der Waals surface area contributed by atoms with E-state index in [9.17, 15) is 18.0 Å². The Morgan fingerprint density at radius 3 is 2.47 bits per heavy atom. The number of alkyl halides is 2. The second-order valence-electron chi connectivity index (χ2n) is 6.24. The quantitative estimate of drug-likeness (QED) is 0.430. The van der Waals surface area contributed by atoms with Gasteiger partial charge in [-0.3, -0.25) is 4.79 Å². The van der Waals surface area contributed by atoms with Gasteiger partial charge in [0.2, 0.25) is 11.1 Å². The van der Waals surface area contributed by atoms with E-state index in [0.717, 1.165) is 17.3 Å². The van der Waals surface area contributed by atoms with Gasteiger partial charge in [-0.1, -0.05) is 23.9 Å². The van der Waals surface area contributed by atoms with E-state index in [4.69, 9.17) is 5.84 Å². The van der Waals surface area contributed by atoms with Crippen LogP contribution >= 0.6 is 11.8 Å². The van der Waals surface area contributed by atoms with E-state index in [2.05, 4.69) is 14.9 Å². The smallest absolute Gasteiger partial charge is 0.387 e. The van der Waals surface area contributed by atoms with Crippen molar-refractivity contribution in [2.45, 2.75) is 18.3 Å². The van der Waals surface area contributed by atoms with Gasteiger partial charge in [-0.25, -0.2) is 9.07 Å². The molecule has 0 aliphatic carbocycles. The molecule has 0 bridgehead atoms. The summed E-state index contributed by atoms with van der Waals surface area (Å²) in [5.74, 6) is 5.92. The van der Waals surface area contributed by atoms with Crippen LogP contribution in [-0.2, 0) is 11.3 Å². The number of benzene rings is 2. The number of halogens is 3. The molecule has 0 aliphatic heterocycles. The summed E-state index contributed by atoms with van der Waals surface area (Å²) in [7, 11) is 1.63. The van der Waals surface area contributed by atoms with Crippen molar-refractivity contribution in [1.29, 1.82) is 0 Å². The Balaban J connectivity index is 1.55. The summed E-state index contributed by atoms with van der Waals surface area (Å²) in [4.78, 5) is 13.9. The zero-order valence-electron chi connectivity index (χ0n) is 15.8. The molecule has 2 aromatic carbocycles. The maximum Gasteiger partial charge on any atom is 0.387 e. The average Bonchev–Trinajstić information content (AvgIpc) is 3.08. The second kappa shape index (κ2) is 9.53. The first-order chi connectivity index (χ1) is 14.3. The molecule has 11 heteroatoms. The van der Waals surface area contributed by atoms with Crippen molar-refractivity contribution < 1.29 is 22.7 Å². The van der Waals surface area contributed by atoms with Crippen molar-refractivity contribution in [3.8, 4) is 17.1 Å². The Morgan fingerprint density at radius 2 is 1.83 bits per heavy atom. The summed E-state index contributed by atoms with van der Waals surface area (Å²) in [5.41, 5.74) is 1.36. The SMILES string of the molecule is CN(Cc1ccc(OC(F)F)cc1)C(=O)CSc1nnc(-c2ccc(F)cc2)n1N. The molecule has 158 valence electrons. The Bertz CT molecular complexity index is 996. The molecule has 0 saturated carbocycles. The average molecular weight is 437 g/mol. The molecule has 0 saturated heterocycles. The Kier molecular flexibility index (Phi) is 6.83. The maximum absolute atomic E-state index is 13.1. The molecule has 30 heavy (non-hydrogen) atoms. The van der Waals surface area contributed by atoms with Crippen molar-refractivity contribution in [1.82, 2.24) is 19.8 Å². The Morgan fingerprint density at radius 1 is 1.17 bits per heavy atom. The summed E-state index contributed by atoms with van der Waals surface area (Å²) >= 11 is 1.12. The van der Waals surface area contributed by atoms with Crippen molar-refractivity contribution in [3.63, 3.8) is 0 Å². The van der Waals surface area contributed by atoms with Gasteiger partial charge in [-0.2, -0.15) is 8.78 Å². The van der Waals surface area contributed by atoms with Crippen LogP contribution in [0, 0.1) is 5.82 Å². The van der Waals surface area contributed by atoms with Gasteiger partial charge in [0.1, 0.15) is 11.6 Å². The summed E-state index contributed by atoms with van der Waals surface area (Å²) in [6.07, 6.45) is 0. The number of ether oxygens (including phenoxy) is 1. The lowest BCUT2D eigenvalue weighted by atomic mass is 10.2. The first-order valence-electron chi connectivity index (χ1n) is 8.70. The van der Waals surface area contributed by atoms with Gasteiger partial charge in [0.15, 0.2) is 5.82 Å². The summed E-state index contributed by atoms with van der Waals surface area (Å²) < 4.78 is 43.0. The minimum Gasteiger partial charge on any atom is -0.435 e. The molecule has 1 heterocycles. The van der Waals surface area contributed by atoms with Gasteiger partial charge in [-0.05, 0) is 42.0 Å². The second-order valence-corrected chi connectivity index (χ2v) is 7.19. The largest absolute Gasteiger partial charge is 0.435 e. The van der Waals surface area contributed by atoms with Gasteiger partial charge in [0, 0.05) is 19.2 Å². The van der Waals surface area contributed by atoms with E-state index in [0.29, 0.717) is 23.1 Å². The maximum atomic E-state index is 13.1. The highest BCUT2D eigenvalue weighted by Crippen LogP contribution is 2.22. The standard InChI is InChI=1S/C19H18F3N5O2S/c1-26(10-12-2-8-15(9-3-12)29-18(21)22)16(28)11-30-19-25-24-17(27(19)23)13-4-6-14(20)7-5-13/h2-9,18H,10-11,23H2,1H3. The molecule has 0 fully saturated rings. The molecule has 0 radical (unpaired) electrons.